The van der Waals surface area contributed by atoms with E-state index in [9.17, 15) is 28.1 Å². The number of benzene rings is 2. The highest BCUT2D eigenvalue weighted by atomic mass is 32.2. The molecular formula is C22H22N6O6S3. The normalized spacial score (nSPS) is 14.2. The van der Waals surface area contributed by atoms with Gasteiger partial charge in [0.05, 0.1) is 15.6 Å². The quantitative estimate of drug-likeness (QED) is 0.171. The Balaban J connectivity index is 1.28. The number of anilines is 2. The van der Waals surface area contributed by atoms with Gasteiger partial charge in [-0.15, -0.1) is 10.2 Å². The van der Waals surface area contributed by atoms with Crippen LogP contribution in [0.4, 0.5) is 16.5 Å². The lowest BCUT2D eigenvalue weighted by atomic mass is 10.2. The van der Waals surface area contributed by atoms with Gasteiger partial charge in [0.25, 0.3) is 11.6 Å². The molecule has 1 aliphatic heterocycles. The van der Waals surface area contributed by atoms with Crippen molar-refractivity contribution in [1.29, 1.82) is 0 Å². The molecule has 1 fully saturated rings. The van der Waals surface area contributed by atoms with Gasteiger partial charge in [0.2, 0.25) is 21.1 Å². The van der Waals surface area contributed by atoms with E-state index in [2.05, 4.69) is 20.8 Å². The molecule has 2 aromatic carbocycles. The van der Waals surface area contributed by atoms with E-state index in [-0.39, 0.29) is 32.9 Å². The smallest absolute Gasteiger partial charge is 0.269 e. The van der Waals surface area contributed by atoms with Crippen molar-refractivity contribution >= 4 is 61.4 Å². The van der Waals surface area contributed by atoms with Gasteiger partial charge in [0.15, 0.2) is 4.34 Å². The lowest BCUT2D eigenvalue weighted by Crippen LogP contribution is -2.35. The van der Waals surface area contributed by atoms with Gasteiger partial charge in [-0.05, 0) is 49.2 Å². The maximum absolute atomic E-state index is 12.8. The first-order valence-electron chi connectivity index (χ1n) is 11.1. The van der Waals surface area contributed by atoms with E-state index < -0.39 is 20.9 Å². The molecule has 37 heavy (non-hydrogen) atoms. The molecule has 4 rings (SSSR count). The summed E-state index contributed by atoms with van der Waals surface area (Å²) < 4.78 is 27.5. The Morgan fingerprint density at radius 2 is 1.68 bits per heavy atom. The molecule has 0 radical (unpaired) electrons. The highest BCUT2D eigenvalue weighted by Crippen LogP contribution is 2.26. The summed E-state index contributed by atoms with van der Waals surface area (Å²) in [6.07, 6.45) is 2.70. The number of piperidine rings is 1. The molecule has 0 saturated carbocycles. The third-order valence-corrected chi connectivity index (χ3v) is 9.27. The van der Waals surface area contributed by atoms with Crippen LogP contribution in [-0.2, 0) is 14.8 Å². The predicted molar refractivity (Wildman–Crippen MR) is 139 cm³/mol. The van der Waals surface area contributed by atoms with Crippen LogP contribution in [0.5, 0.6) is 0 Å². The second kappa shape index (κ2) is 11.8. The zero-order valence-corrected chi connectivity index (χ0v) is 21.8. The molecule has 1 saturated heterocycles. The Morgan fingerprint density at radius 3 is 2.32 bits per heavy atom. The van der Waals surface area contributed by atoms with Crippen LogP contribution in [0, 0.1) is 10.1 Å². The van der Waals surface area contributed by atoms with Gasteiger partial charge in [0.1, 0.15) is 0 Å². The van der Waals surface area contributed by atoms with E-state index in [1.54, 1.807) is 0 Å². The fraction of sp³-hybridized carbons (Fsp3) is 0.273. The fourth-order valence-corrected chi connectivity index (χ4v) is 6.58. The van der Waals surface area contributed by atoms with E-state index in [4.69, 9.17) is 0 Å². The Morgan fingerprint density at radius 1 is 1.00 bits per heavy atom. The number of nitrogens with zero attached hydrogens (tertiary/aromatic N) is 4. The number of nitro benzene ring substituents is 1. The molecular weight excluding hydrogens is 540 g/mol. The monoisotopic (exact) mass is 562 g/mol. The van der Waals surface area contributed by atoms with Crippen LogP contribution in [-0.4, -0.2) is 58.5 Å². The number of sulfonamides is 1. The molecule has 3 aromatic rings. The number of carbonyl (C=O) groups is 2. The van der Waals surface area contributed by atoms with Crippen molar-refractivity contribution in [2.45, 2.75) is 28.5 Å². The molecule has 0 unspecified atom stereocenters. The van der Waals surface area contributed by atoms with Gasteiger partial charge >= 0.3 is 0 Å². The third-order valence-electron chi connectivity index (χ3n) is 5.38. The summed E-state index contributed by atoms with van der Waals surface area (Å²) in [4.78, 5) is 35.0. The standard InChI is InChI=1S/C22H22N6O6S3/c29-19(23-16-6-8-17(9-7-16)28(31)32)14-35-22-26-25-21(36-22)24-20(30)15-4-10-18(11-5-15)37(33,34)27-12-2-1-3-13-27/h4-11H,1-3,12-14H2,(H,23,29)(H,24,25,30). The average Bonchev–Trinajstić information content (AvgIpc) is 3.35. The van der Waals surface area contributed by atoms with Gasteiger partial charge in [-0.1, -0.05) is 29.5 Å². The van der Waals surface area contributed by atoms with Gasteiger partial charge < -0.3 is 5.32 Å². The number of hydrogen-bond donors (Lipinski definition) is 2. The summed E-state index contributed by atoms with van der Waals surface area (Å²) in [5.74, 6) is -0.781. The summed E-state index contributed by atoms with van der Waals surface area (Å²) in [7, 11) is -3.58. The largest absolute Gasteiger partial charge is 0.325 e. The minimum atomic E-state index is -3.58. The molecule has 12 nitrogen and oxygen atoms in total. The molecule has 2 heterocycles. The number of non-ortho nitro benzene ring substituents is 1. The molecule has 0 bridgehead atoms. The first-order valence-corrected chi connectivity index (χ1v) is 14.4. The molecule has 1 aliphatic rings. The van der Waals surface area contributed by atoms with E-state index >= 15 is 0 Å². The van der Waals surface area contributed by atoms with Crippen LogP contribution in [0.1, 0.15) is 29.6 Å². The number of nitrogens with one attached hydrogen (secondary N) is 2. The minimum absolute atomic E-state index is 0.0204. The first kappa shape index (κ1) is 26.7. The maximum Gasteiger partial charge on any atom is 0.269 e. The number of hydrogen-bond acceptors (Lipinski definition) is 10. The average molecular weight is 563 g/mol. The van der Waals surface area contributed by atoms with Crippen LogP contribution >= 0.6 is 23.1 Å². The molecule has 0 aliphatic carbocycles. The van der Waals surface area contributed by atoms with Crippen molar-refractivity contribution in [1.82, 2.24) is 14.5 Å². The van der Waals surface area contributed by atoms with Crippen molar-refractivity contribution in [3.05, 3.63) is 64.2 Å². The highest BCUT2D eigenvalue weighted by Gasteiger charge is 2.26. The molecule has 15 heteroatoms. The Bertz CT molecular complexity index is 1390. The van der Waals surface area contributed by atoms with Crippen molar-refractivity contribution in [3.8, 4) is 0 Å². The van der Waals surface area contributed by atoms with Gasteiger partial charge in [-0.2, -0.15) is 4.31 Å². The Kier molecular flexibility index (Phi) is 8.48. The maximum atomic E-state index is 12.8. The fourth-order valence-electron chi connectivity index (χ4n) is 3.51. The number of carbonyl (C=O) groups excluding carboxylic acids is 2. The molecule has 0 spiro atoms. The van der Waals surface area contributed by atoms with E-state index in [0.717, 1.165) is 42.4 Å². The van der Waals surface area contributed by atoms with Crippen molar-refractivity contribution < 1.29 is 22.9 Å². The van der Waals surface area contributed by atoms with E-state index in [0.29, 0.717) is 23.1 Å². The van der Waals surface area contributed by atoms with Gasteiger partial charge in [-0.25, -0.2) is 8.42 Å². The molecule has 1 aromatic heterocycles. The van der Waals surface area contributed by atoms with Crippen molar-refractivity contribution in [3.63, 3.8) is 0 Å². The van der Waals surface area contributed by atoms with Crippen molar-refractivity contribution in [2.24, 2.45) is 0 Å². The summed E-state index contributed by atoms with van der Waals surface area (Å²) >= 11 is 2.21. The number of aromatic nitrogens is 2. The predicted octanol–water partition coefficient (Wildman–Crippen LogP) is 3.60. The first-order chi connectivity index (χ1) is 17.7. The van der Waals surface area contributed by atoms with Crippen LogP contribution in [0.25, 0.3) is 0 Å². The van der Waals surface area contributed by atoms with Crippen LogP contribution < -0.4 is 10.6 Å². The van der Waals surface area contributed by atoms with Gasteiger partial charge in [-0.3, -0.25) is 25.0 Å². The van der Waals surface area contributed by atoms with Crippen LogP contribution in [0.15, 0.2) is 57.8 Å². The summed E-state index contributed by atoms with van der Waals surface area (Å²) in [5, 5.41) is 24.0. The second-order valence-corrected chi connectivity index (χ2v) is 12.1. The molecule has 2 N–H and O–H groups in total. The van der Waals surface area contributed by atoms with Crippen LogP contribution in [0.3, 0.4) is 0 Å². The zero-order chi connectivity index (χ0) is 26.4. The number of nitro groups is 1. The Hall–Kier alpha value is -3.40. The van der Waals surface area contributed by atoms with Crippen molar-refractivity contribution in [2.75, 3.05) is 29.5 Å². The second-order valence-electron chi connectivity index (χ2n) is 7.96. The number of rotatable bonds is 9. The summed E-state index contributed by atoms with van der Waals surface area (Å²) in [5.41, 5.74) is 0.620. The van der Waals surface area contributed by atoms with Crippen LogP contribution in [0.2, 0.25) is 0 Å². The zero-order valence-electron chi connectivity index (χ0n) is 19.3. The lowest BCUT2D eigenvalue weighted by molar-refractivity contribution is -0.384. The number of thioether (sulfide) groups is 1. The molecule has 2 amide bonds. The lowest BCUT2D eigenvalue weighted by Gasteiger charge is -2.25. The Labute approximate surface area is 220 Å². The number of amides is 2. The summed E-state index contributed by atoms with van der Waals surface area (Å²) in [6, 6.07) is 11.2. The van der Waals surface area contributed by atoms with E-state index in [1.165, 1.54) is 52.8 Å². The highest BCUT2D eigenvalue weighted by molar-refractivity contribution is 8.01. The molecule has 194 valence electrons. The molecule has 0 atom stereocenters. The van der Waals surface area contributed by atoms with Gasteiger partial charge in [0, 0.05) is 36.5 Å². The third kappa shape index (κ3) is 6.88. The SMILES string of the molecule is O=C(CSc1nnc(NC(=O)c2ccc(S(=O)(=O)N3CCCCC3)cc2)s1)Nc1ccc([N+](=O)[O-])cc1. The summed E-state index contributed by atoms with van der Waals surface area (Å²) in [6.45, 7) is 1.00. The van der Waals surface area contributed by atoms with E-state index in [1.807, 2.05) is 0 Å². The minimum Gasteiger partial charge on any atom is -0.325 e. The topological polar surface area (TPSA) is 164 Å².